The lowest BCUT2D eigenvalue weighted by molar-refractivity contribution is -0.160. The van der Waals surface area contributed by atoms with Crippen LogP contribution in [0.5, 0.6) is 0 Å². The minimum Gasteiger partial charge on any atom is -0.469 e. The molecular weight excluding hydrogens is 178 g/mol. The van der Waals surface area contributed by atoms with Gasteiger partial charge in [-0.15, -0.1) is 0 Å². The van der Waals surface area contributed by atoms with E-state index in [1.165, 1.54) is 26.4 Å². The molecule has 0 bridgehead atoms. The molecule has 0 spiro atoms. The fourth-order valence-electron chi connectivity index (χ4n) is 2.78. The van der Waals surface area contributed by atoms with Gasteiger partial charge in [0, 0.05) is 6.54 Å². The number of esters is 1. The Labute approximate surface area is 85.2 Å². The number of carbonyl (C=O) groups excluding carboxylic acids is 1. The van der Waals surface area contributed by atoms with E-state index in [1.807, 2.05) is 0 Å². The molecule has 1 atom stereocenters. The highest BCUT2D eigenvalue weighted by Gasteiger charge is 2.49. The Morgan fingerprint density at radius 1 is 1.43 bits per heavy atom. The Morgan fingerprint density at radius 2 is 2.21 bits per heavy atom. The van der Waals surface area contributed by atoms with Gasteiger partial charge in [0.1, 0.15) is 0 Å². The third-order valence-corrected chi connectivity index (χ3v) is 3.90. The standard InChI is InChI=1S/C11H19NO2/c1-14-10(13)11(9-4-2-5-9)6-3-7-12-8-11/h9,12H,2-8H2,1H3. The fraction of sp³-hybridized carbons (Fsp3) is 0.909. The van der Waals surface area contributed by atoms with Crippen LogP contribution in [-0.4, -0.2) is 26.2 Å². The molecule has 80 valence electrons. The summed E-state index contributed by atoms with van der Waals surface area (Å²) in [6.07, 6.45) is 5.81. The number of hydrogen-bond donors (Lipinski definition) is 1. The zero-order valence-electron chi connectivity index (χ0n) is 8.84. The highest BCUT2D eigenvalue weighted by atomic mass is 16.5. The summed E-state index contributed by atoms with van der Waals surface area (Å²) in [4.78, 5) is 11.9. The molecule has 3 heteroatoms. The first-order chi connectivity index (χ1) is 6.79. The van der Waals surface area contributed by atoms with Gasteiger partial charge in [-0.05, 0) is 38.1 Å². The average molecular weight is 197 g/mol. The monoisotopic (exact) mass is 197 g/mol. The van der Waals surface area contributed by atoms with Gasteiger partial charge in [0.05, 0.1) is 12.5 Å². The molecule has 1 heterocycles. The molecule has 2 aliphatic rings. The van der Waals surface area contributed by atoms with Crippen LogP contribution in [0.25, 0.3) is 0 Å². The van der Waals surface area contributed by atoms with Crippen molar-refractivity contribution in [3.63, 3.8) is 0 Å². The summed E-state index contributed by atoms with van der Waals surface area (Å²) in [6, 6.07) is 0. The van der Waals surface area contributed by atoms with Gasteiger partial charge in [0.2, 0.25) is 0 Å². The van der Waals surface area contributed by atoms with Crippen LogP contribution in [0, 0.1) is 11.3 Å². The zero-order chi connectivity index (χ0) is 10.0. The van der Waals surface area contributed by atoms with Crippen molar-refractivity contribution in [2.45, 2.75) is 32.1 Å². The number of ether oxygens (including phenoxy) is 1. The molecule has 1 unspecified atom stereocenters. The second kappa shape index (κ2) is 3.89. The summed E-state index contributed by atoms with van der Waals surface area (Å²) in [5.74, 6) is 0.581. The predicted molar refractivity (Wildman–Crippen MR) is 53.9 cm³/mol. The van der Waals surface area contributed by atoms with Crippen molar-refractivity contribution in [1.29, 1.82) is 0 Å². The minimum absolute atomic E-state index is 0.00870. The molecule has 2 fully saturated rings. The van der Waals surface area contributed by atoms with Crippen LogP contribution in [0.2, 0.25) is 0 Å². The van der Waals surface area contributed by atoms with Gasteiger partial charge in [-0.1, -0.05) is 6.42 Å². The van der Waals surface area contributed by atoms with Gasteiger partial charge in [0.25, 0.3) is 0 Å². The lowest BCUT2D eigenvalue weighted by Gasteiger charge is -2.45. The first kappa shape index (κ1) is 9.97. The van der Waals surface area contributed by atoms with E-state index in [9.17, 15) is 4.79 Å². The Bertz CT molecular complexity index is 217. The van der Waals surface area contributed by atoms with Crippen LogP contribution >= 0.6 is 0 Å². The summed E-state index contributed by atoms with van der Waals surface area (Å²) in [5, 5.41) is 3.34. The van der Waals surface area contributed by atoms with Gasteiger partial charge in [-0.3, -0.25) is 4.79 Å². The largest absolute Gasteiger partial charge is 0.469 e. The van der Waals surface area contributed by atoms with Crippen LogP contribution < -0.4 is 5.32 Å². The molecule has 14 heavy (non-hydrogen) atoms. The predicted octanol–water partition coefficient (Wildman–Crippen LogP) is 1.33. The van der Waals surface area contributed by atoms with Gasteiger partial charge in [-0.25, -0.2) is 0 Å². The Balaban J connectivity index is 2.13. The number of nitrogens with one attached hydrogen (secondary N) is 1. The van der Waals surface area contributed by atoms with Gasteiger partial charge in [0.15, 0.2) is 0 Å². The molecule has 0 amide bonds. The Morgan fingerprint density at radius 3 is 2.64 bits per heavy atom. The number of rotatable bonds is 2. The number of hydrogen-bond acceptors (Lipinski definition) is 3. The molecule has 1 saturated heterocycles. The summed E-state index contributed by atoms with van der Waals surface area (Å²) < 4.78 is 4.97. The van der Waals surface area contributed by atoms with Crippen molar-refractivity contribution < 1.29 is 9.53 Å². The summed E-state index contributed by atoms with van der Waals surface area (Å²) >= 11 is 0. The zero-order valence-corrected chi connectivity index (χ0v) is 8.84. The lowest BCUT2D eigenvalue weighted by atomic mass is 9.62. The van der Waals surface area contributed by atoms with Crippen LogP contribution in [0.15, 0.2) is 0 Å². The molecule has 0 aromatic rings. The topological polar surface area (TPSA) is 38.3 Å². The maximum Gasteiger partial charge on any atom is 0.313 e. The SMILES string of the molecule is COC(=O)C1(C2CCC2)CCCNC1. The number of piperidine rings is 1. The van der Waals surface area contributed by atoms with Crippen molar-refractivity contribution in [1.82, 2.24) is 5.32 Å². The smallest absolute Gasteiger partial charge is 0.313 e. The van der Waals surface area contributed by atoms with Gasteiger partial charge < -0.3 is 10.1 Å². The molecule has 1 N–H and O–H groups in total. The van der Waals surface area contributed by atoms with Gasteiger partial charge in [-0.2, -0.15) is 0 Å². The molecule has 1 aliphatic heterocycles. The first-order valence-corrected chi connectivity index (χ1v) is 5.59. The third-order valence-electron chi connectivity index (χ3n) is 3.90. The second-order valence-electron chi connectivity index (χ2n) is 4.56. The molecule has 0 radical (unpaired) electrons. The Hall–Kier alpha value is -0.570. The summed E-state index contributed by atoms with van der Waals surface area (Å²) in [7, 11) is 1.51. The van der Waals surface area contributed by atoms with Crippen molar-refractivity contribution in [2.24, 2.45) is 11.3 Å². The van der Waals surface area contributed by atoms with E-state index >= 15 is 0 Å². The first-order valence-electron chi connectivity index (χ1n) is 5.59. The normalized spacial score (nSPS) is 33.5. The van der Waals surface area contributed by atoms with E-state index in [2.05, 4.69) is 5.32 Å². The molecule has 3 nitrogen and oxygen atoms in total. The number of carbonyl (C=O) groups is 1. The van der Waals surface area contributed by atoms with Crippen molar-refractivity contribution in [3.05, 3.63) is 0 Å². The molecule has 0 aromatic carbocycles. The van der Waals surface area contributed by atoms with E-state index in [1.54, 1.807) is 0 Å². The third kappa shape index (κ3) is 1.44. The number of methoxy groups -OCH3 is 1. The van der Waals surface area contributed by atoms with Gasteiger partial charge >= 0.3 is 5.97 Å². The Kier molecular flexibility index (Phi) is 2.77. The fourth-order valence-corrected chi connectivity index (χ4v) is 2.78. The average Bonchev–Trinajstić information content (AvgIpc) is 2.15. The van der Waals surface area contributed by atoms with Crippen molar-refractivity contribution in [3.8, 4) is 0 Å². The maximum absolute atomic E-state index is 11.9. The van der Waals surface area contributed by atoms with E-state index in [4.69, 9.17) is 4.74 Å². The summed E-state index contributed by atoms with van der Waals surface area (Å²) in [6.45, 7) is 1.87. The quantitative estimate of drug-likeness (QED) is 0.679. The molecule has 2 rings (SSSR count). The van der Waals surface area contributed by atoms with E-state index < -0.39 is 0 Å². The second-order valence-corrected chi connectivity index (χ2v) is 4.56. The maximum atomic E-state index is 11.9. The van der Waals surface area contributed by atoms with Crippen LogP contribution in [0.4, 0.5) is 0 Å². The van der Waals surface area contributed by atoms with Crippen LogP contribution in [0.1, 0.15) is 32.1 Å². The minimum atomic E-state index is -0.189. The van der Waals surface area contributed by atoms with E-state index in [0.717, 1.165) is 25.9 Å². The molecule has 1 saturated carbocycles. The van der Waals surface area contributed by atoms with Crippen LogP contribution in [0.3, 0.4) is 0 Å². The highest BCUT2D eigenvalue weighted by molar-refractivity contribution is 5.77. The molecule has 1 aliphatic carbocycles. The van der Waals surface area contributed by atoms with E-state index in [0.29, 0.717) is 5.92 Å². The molecular formula is C11H19NO2. The van der Waals surface area contributed by atoms with Crippen molar-refractivity contribution >= 4 is 5.97 Å². The highest BCUT2D eigenvalue weighted by Crippen LogP contribution is 2.46. The summed E-state index contributed by atoms with van der Waals surface area (Å²) in [5.41, 5.74) is -0.189. The van der Waals surface area contributed by atoms with Crippen LogP contribution in [-0.2, 0) is 9.53 Å². The van der Waals surface area contributed by atoms with E-state index in [-0.39, 0.29) is 11.4 Å². The molecule has 0 aromatic heterocycles. The van der Waals surface area contributed by atoms with Crippen molar-refractivity contribution in [2.75, 3.05) is 20.2 Å². The lowest BCUT2D eigenvalue weighted by Crippen LogP contribution is -2.52.